The third-order valence-corrected chi connectivity index (χ3v) is 57.8. The Labute approximate surface area is 316 Å². The van der Waals surface area contributed by atoms with Gasteiger partial charge in [-0.3, -0.25) is 0 Å². The van der Waals surface area contributed by atoms with Crippen molar-refractivity contribution in [1.29, 1.82) is 0 Å². The zero-order chi connectivity index (χ0) is 36.7. The first-order valence-corrected chi connectivity index (χ1v) is 33.5. The van der Waals surface area contributed by atoms with Crippen LogP contribution in [-0.4, -0.2) is 5.43 Å². The van der Waals surface area contributed by atoms with E-state index >= 15 is 0 Å². The van der Waals surface area contributed by atoms with E-state index < -0.39 is 20.4 Å². The summed E-state index contributed by atoms with van der Waals surface area (Å²) in [6.07, 6.45) is 4.71. The van der Waals surface area contributed by atoms with E-state index in [1.807, 2.05) is 13.8 Å². The molecule has 2 aliphatic carbocycles. The second-order valence-corrected chi connectivity index (χ2v) is 54.1. The van der Waals surface area contributed by atoms with E-state index in [0.717, 1.165) is 34.2 Å². The summed E-state index contributed by atoms with van der Waals surface area (Å²) in [4.78, 5) is 0. The number of allylic oxidation sites excluding steroid dienone is 2. The van der Waals surface area contributed by atoms with Crippen LogP contribution in [0.3, 0.4) is 0 Å². The number of hydrogen-bond acceptors (Lipinski definition) is 2. The second-order valence-electron chi connectivity index (χ2n) is 15.3. The van der Waals surface area contributed by atoms with E-state index in [4.69, 9.17) is 25.9 Å². The second kappa shape index (κ2) is 12.9. The zero-order valence-corrected chi connectivity index (χ0v) is 36.1. The monoisotopic (exact) mass is 816 g/mol. The van der Waals surface area contributed by atoms with Crippen molar-refractivity contribution in [3.8, 4) is 22.3 Å². The Morgan fingerprint density at radius 1 is 0.538 bits per heavy atom. The van der Waals surface area contributed by atoms with Gasteiger partial charge in [-0.25, -0.2) is 0 Å². The molecule has 52 heavy (non-hydrogen) atoms. The first-order valence-electron chi connectivity index (χ1n) is 18.1. The van der Waals surface area contributed by atoms with Crippen molar-refractivity contribution >= 4 is 45.8 Å². The molecule has 0 bridgehead atoms. The third-order valence-electron chi connectivity index (χ3n) is 11.5. The Bertz CT molecular complexity index is 2420. The molecule has 0 amide bonds. The van der Waals surface area contributed by atoms with Gasteiger partial charge in [-0.15, -0.1) is 0 Å². The van der Waals surface area contributed by atoms with Crippen molar-refractivity contribution in [3.05, 3.63) is 165 Å². The molecular formula is C46H44Cl2O2SiZr. The summed E-state index contributed by atoms with van der Waals surface area (Å²) in [5, 5.41) is 0. The zero-order valence-electron chi connectivity index (χ0n) is 31.1. The molecule has 2 atom stereocenters. The van der Waals surface area contributed by atoms with Crippen LogP contribution in [0.1, 0.15) is 74.8 Å². The molecule has 2 unspecified atom stereocenters. The van der Waals surface area contributed by atoms with Gasteiger partial charge >= 0.3 is 318 Å². The van der Waals surface area contributed by atoms with Crippen LogP contribution in [0, 0.1) is 41.5 Å². The molecule has 4 aromatic carbocycles. The first-order chi connectivity index (χ1) is 24.8. The minimum absolute atomic E-state index is 0.211. The topological polar surface area (TPSA) is 26.3 Å². The fraction of sp³-hybridized carbons (Fsp3) is 0.217. The summed E-state index contributed by atoms with van der Waals surface area (Å²) in [5.41, 5.74) is 15.4. The number of halogens is 2. The molecule has 8 rings (SSSR count). The van der Waals surface area contributed by atoms with Crippen molar-refractivity contribution in [2.75, 3.05) is 0 Å². The molecular weight excluding hydrogens is 775 g/mol. The third kappa shape index (κ3) is 5.51. The van der Waals surface area contributed by atoms with Crippen molar-refractivity contribution in [2.24, 2.45) is 0 Å². The van der Waals surface area contributed by atoms with Crippen LogP contribution in [0.4, 0.5) is 0 Å². The van der Waals surface area contributed by atoms with Gasteiger partial charge in [0.1, 0.15) is 0 Å². The molecule has 262 valence electrons. The molecule has 0 saturated heterocycles. The Balaban J connectivity index is 1.47. The molecule has 2 aliphatic rings. The van der Waals surface area contributed by atoms with Crippen molar-refractivity contribution in [1.82, 2.24) is 0 Å². The Kier molecular flexibility index (Phi) is 8.82. The fourth-order valence-corrected chi connectivity index (χ4v) is 36.7. The molecule has 0 fully saturated rings. The quantitative estimate of drug-likeness (QED) is 0.157. The number of fused-ring (bicyclic) bond motifs is 2. The Morgan fingerprint density at radius 2 is 0.962 bits per heavy atom. The summed E-state index contributed by atoms with van der Waals surface area (Å²) in [6.45, 7) is 17.5. The first kappa shape index (κ1) is 35.6. The predicted octanol–water partition coefficient (Wildman–Crippen LogP) is 14.2. The van der Waals surface area contributed by atoms with Crippen molar-refractivity contribution < 1.29 is 23.8 Å². The molecule has 2 aromatic heterocycles. The van der Waals surface area contributed by atoms with E-state index in [0.29, 0.717) is 0 Å². The summed E-state index contributed by atoms with van der Waals surface area (Å²) in [5.74, 6) is 3.43. The van der Waals surface area contributed by atoms with Crippen LogP contribution in [0.25, 0.3) is 45.6 Å². The van der Waals surface area contributed by atoms with Crippen LogP contribution in [0.2, 0.25) is 13.1 Å². The van der Waals surface area contributed by atoms with Gasteiger partial charge in [0.2, 0.25) is 0 Å². The van der Waals surface area contributed by atoms with Crippen molar-refractivity contribution in [2.45, 2.75) is 61.9 Å². The molecule has 0 spiro atoms. The predicted molar refractivity (Wildman–Crippen MR) is 220 cm³/mol. The number of hydrogen-bond donors (Lipinski definition) is 0. The van der Waals surface area contributed by atoms with Gasteiger partial charge < -0.3 is 0 Å². The molecule has 6 aromatic rings. The van der Waals surface area contributed by atoms with Crippen LogP contribution in [0.5, 0.6) is 0 Å². The van der Waals surface area contributed by atoms with Gasteiger partial charge in [-0.1, -0.05) is 0 Å². The maximum atomic E-state index is 8.88. The van der Waals surface area contributed by atoms with Gasteiger partial charge in [0.25, 0.3) is 0 Å². The normalized spacial score (nSPS) is 16.8. The molecule has 2 heterocycles. The number of aryl methyl sites for hydroxylation is 6. The van der Waals surface area contributed by atoms with Gasteiger partial charge in [0, 0.05) is 0 Å². The van der Waals surface area contributed by atoms with Gasteiger partial charge in [0.05, 0.1) is 0 Å². The standard InChI is InChI=1S/2C22H19O.C2H6Si.2ClH.Zr/c2*1-14-5-4-6-18(11-14)22-15(2)7-9-17-12-19(13-20(17)22)21-10-8-16(3)23-21;1-3-2;;;/h2*4-13H,1-3H3;1-2H3;2*1H;/q;;;;;+2/p-2. The maximum absolute atomic E-state index is 8.88. The average Bonchev–Trinajstić information content (AvgIpc) is 3.89. The van der Waals surface area contributed by atoms with Crippen LogP contribution in [-0.2, 0) is 15.0 Å². The Hall–Kier alpha value is -3.40. The summed E-state index contributed by atoms with van der Waals surface area (Å²) < 4.78 is 12.6. The van der Waals surface area contributed by atoms with E-state index in [2.05, 4.69) is 150 Å². The van der Waals surface area contributed by atoms with Gasteiger partial charge in [0.15, 0.2) is 0 Å². The number of rotatable bonds is 6. The van der Waals surface area contributed by atoms with E-state index in [9.17, 15) is 0 Å². The number of benzene rings is 4. The average molecular weight is 819 g/mol. The molecule has 2 nitrogen and oxygen atoms in total. The van der Waals surface area contributed by atoms with E-state index in [1.54, 1.807) is 0 Å². The minimum atomic E-state index is -5.33. The van der Waals surface area contributed by atoms with Crippen LogP contribution < -0.4 is 0 Å². The van der Waals surface area contributed by atoms with Gasteiger partial charge in [-0.2, -0.15) is 0 Å². The summed E-state index contributed by atoms with van der Waals surface area (Å²) in [6, 6.07) is 35.1. The Morgan fingerprint density at radius 3 is 1.31 bits per heavy atom. The van der Waals surface area contributed by atoms with Crippen LogP contribution >= 0.6 is 17.0 Å². The SMILES string of the molecule is Cc1cccc(-c2c(C)ccc3c2C=C(c2ccc(C)o2)[CH]3[Zr]([Cl])([Cl])([CH]2C(c3ccc(C)o3)=Cc3c2ccc(C)c3-c2cccc(C)c2)=[Si](C)C)c1. The molecule has 6 heteroatoms. The molecule has 0 aliphatic heterocycles. The van der Waals surface area contributed by atoms with E-state index in [-0.39, 0.29) is 7.25 Å². The fourth-order valence-electron chi connectivity index (χ4n) is 8.97. The van der Waals surface area contributed by atoms with E-state index in [1.165, 1.54) is 66.8 Å². The van der Waals surface area contributed by atoms with Gasteiger partial charge in [-0.05, 0) is 0 Å². The molecule has 0 radical (unpaired) electrons. The summed E-state index contributed by atoms with van der Waals surface area (Å²) >= 11 is -5.33. The molecule has 0 N–H and O–H groups in total. The summed E-state index contributed by atoms with van der Waals surface area (Å²) in [7, 11) is 17.8. The van der Waals surface area contributed by atoms with Crippen molar-refractivity contribution in [3.63, 3.8) is 0 Å². The number of furan rings is 2. The molecule has 0 saturated carbocycles. The van der Waals surface area contributed by atoms with Crippen LogP contribution in [0.15, 0.2) is 106 Å².